The van der Waals surface area contributed by atoms with Crippen LogP contribution in [0.25, 0.3) is 0 Å². The molecule has 0 aromatic heterocycles. The number of benzene rings is 2. The number of nitrogens with one attached hydrogen (secondary N) is 2. The van der Waals surface area contributed by atoms with Crippen LogP contribution in [-0.2, 0) is 11.4 Å². The molecule has 24 heavy (non-hydrogen) atoms. The summed E-state index contributed by atoms with van der Waals surface area (Å²) in [5.74, 6) is 0.0663. The van der Waals surface area contributed by atoms with Gasteiger partial charge in [-0.25, -0.2) is 10.3 Å². The highest BCUT2D eigenvalue weighted by molar-refractivity contribution is 5.73. The number of rotatable bonds is 7. The predicted octanol–water partition coefficient (Wildman–Crippen LogP) is 3.78. The fraction of sp³-hybridized carbons (Fsp3) is 0.235. The number of hydroxylamine groups is 1. The van der Waals surface area contributed by atoms with Crippen molar-refractivity contribution >= 4 is 6.03 Å². The first-order valence-electron chi connectivity index (χ1n) is 7.31. The quantitative estimate of drug-likeness (QED) is 0.757. The van der Waals surface area contributed by atoms with Gasteiger partial charge in [-0.2, -0.15) is 8.78 Å². The first kappa shape index (κ1) is 17.7. The molecule has 0 aliphatic carbocycles. The topological polar surface area (TPSA) is 59.6 Å². The van der Waals surface area contributed by atoms with Gasteiger partial charge in [-0.1, -0.05) is 42.5 Å². The average molecular weight is 336 g/mol. The summed E-state index contributed by atoms with van der Waals surface area (Å²) in [5.41, 5.74) is 3.97. The van der Waals surface area contributed by atoms with E-state index in [1.54, 1.807) is 19.1 Å². The maximum Gasteiger partial charge on any atom is 0.387 e. The summed E-state index contributed by atoms with van der Waals surface area (Å²) in [6, 6.07) is 14.6. The third-order valence-electron chi connectivity index (χ3n) is 3.20. The number of hydrogen-bond acceptors (Lipinski definition) is 3. The van der Waals surface area contributed by atoms with Gasteiger partial charge in [-0.05, 0) is 30.2 Å². The number of alkyl halides is 2. The summed E-state index contributed by atoms with van der Waals surface area (Å²) < 4.78 is 28.5. The largest absolute Gasteiger partial charge is 0.435 e. The lowest BCUT2D eigenvalue weighted by Crippen LogP contribution is -2.36. The first-order valence-corrected chi connectivity index (χ1v) is 7.31. The highest BCUT2D eigenvalue weighted by atomic mass is 19.3. The molecule has 128 valence electrons. The van der Waals surface area contributed by atoms with Gasteiger partial charge < -0.3 is 10.1 Å². The molecular formula is C17H18F2N2O3. The minimum Gasteiger partial charge on any atom is -0.435 e. The van der Waals surface area contributed by atoms with Crippen LogP contribution in [0, 0.1) is 0 Å². The lowest BCUT2D eigenvalue weighted by molar-refractivity contribution is -0.0498. The molecule has 1 atom stereocenters. The Morgan fingerprint density at radius 3 is 2.38 bits per heavy atom. The Hall–Kier alpha value is -2.67. The van der Waals surface area contributed by atoms with Gasteiger partial charge in [0.2, 0.25) is 0 Å². The third kappa shape index (κ3) is 5.85. The summed E-state index contributed by atoms with van der Waals surface area (Å²) >= 11 is 0. The zero-order valence-corrected chi connectivity index (χ0v) is 13.0. The molecule has 0 spiro atoms. The van der Waals surface area contributed by atoms with Crippen LogP contribution in [-0.4, -0.2) is 12.6 Å². The van der Waals surface area contributed by atoms with E-state index in [-0.39, 0.29) is 18.4 Å². The van der Waals surface area contributed by atoms with E-state index < -0.39 is 12.6 Å². The molecule has 0 radical (unpaired) electrons. The second-order valence-corrected chi connectivity index (χ2v) is 5.02. The van der Waals surface area contributed by atoms with E-state index in [1.807, 2.05) is 30.3 Å². The lowest BCUT2D eigenvalue weighted by atomic mass is 10.1. The SMILES string of the molecule is CC(NC(=O)NOCc1ccccc1)c1ccc(OC(F)F)cc1. The second kappa shape index (κ2) is 8.83. The third-order valence-corrected chi connectivity index (χ3v) is 3.20. The number of halogens is 2. The molecular weight excluding hydrogens is 318 g/mol. The van der Waals surface area contributed by atoms with Crippen LogP contribution in [0.4, 0.5) is 13.6 Å². The van der Waals surface area contributed by atoms with Crippen molar-refractivity contribution in [3.63, 3.8) is 0 Å². The number of amides is 2. The Balaban J connectivity index is 1.76. The van der Waals surface area contributed by atoms with Crippen LogP contribution < -0.4 is 15.5 Å². The minimum absolute atomic E-state index is 0.0663. The summed E-state index contributed by atoms with van der Waals surface area (Å²) in [7, 11) is 0. The first-order chi connectivity index (χ1) is 11.5. The van der Waals surface area contributed by atoms with Crippen molar-refractivity contribution < 1.29 is 23.1 Å². The summed E-state index contributed by atoms with van der Waals surface area (Å²) in [6.45, 7) is -0.846. The Morgan fingerprint density at radius 1 is 1.08 bits per heavy atom. The molecule has 5 nitrogen and oxygen atoms in total. The van der Waals surface area contributed by atoms with Gasteiger partial charge >= 0.3 is 12.6 Å². The lowest BCUT2D eigenvalue weighted by Gasteiger charge is -2.15. The molecule has 0 fully saturated rings. The average Bonchev–Trinajstić information content (AvgIpc) is 2.56. The van der Waals surface area contributed by atoms with Crippen LogP contribution in [0.2, 0.25) is 0 Å². The van der Waals surface area contributed by atoms with E-state index in [1.165, 1.54) is 12.1 Å². The van der Waals surface area contributed by atoms with E-state index in [0.717, 1.165) is 11.1 Å². The molecule has 7 heteroatoms. The minimum atomic E-state index is -2.86. The number of carbonyl (C=O) groups is 1. The van der Waals surface area contributed by atoms with E-state index in [9.17, 15) is 13.6 Å². The number of urea groups is 1. The Bertz CT molecular complexity index is 636. The van der Waals surface area contributed by atoms with Crippen LogP contribution in [0.15, 0.2) is 54.6 Å². The summed E-state index contributed by atoms with van der Waals surface area (Å²) in [4.78, 5) is 16.9. The molecule has 0 bridgehead atoms. The molecule has 1 unspecified atom stereocenters. The molecule has 2 N–H and O–H groups in total. The number of ether oxygens (including phenoxy) is 1. The van der Waals surface area contributed by atoms with Gasteiger partial charge in [0.1, 0.15) is 5.75 Å². The fourth-order valence-corrected chi connectivity index (χ4v) is 2.01. The van der Waals surface area contributed by atoms with E-state index in [0.29, 0.717) is 0 Å². The van der Waals surface area contributed by atoms with Crippen LogP contribution in [0.1, 0.15) is 24.1 Å². The Morgan fingerprint density at radius 2 is 1.75 bits per heavy atom. The monoisotopic (exact) mass is 336 g/mol. The van der Waals surface area contributed by atoms with Crippen molar-refractivity contribution in [2.24, 2.45) is 0 Å². The number of hydrogen-bond donors (Lipinski definition) is 2. The van der Waals surface area contributed by atoms with Crippen molar-refractivity contribution in [2.45, 2.75) is 26.2 Å². The van der Waals surface area contributed by atoms with Gasteiger partial charge in [0.15, 0.2) is 0 Å². The zero-order valence-electron chi connectivity index (χ0n) is 13.0. The maximum atomic E-state index is 12.1. The highest BCUT2D eigenvalue weighted by Crippen LogP contribution is 2.19. The zero-order chi connectivity index (χ0) is 17.4. The van der Waals surface area contributed by atoms with Crippen LogP contribution >= 0.6 is 0 Å². The molecule has 2 aromatic rings. The number of carbonyl (C=O) groups excluding carboxylic acids is 1. The van der Waals surface area contributed by atoms with Crippen molar-refractivity contribution in [3.05, 3.63) is 65.7 Å². The Kier molecular flexibility index (Phi) is 6.51. The second-order valence-electron chi connectivity index (χ2n) is 5.02. The Labute approximate surface area is 138 Å². The molecule has 2 rings (SSSR count). The van der Waals surface area contributed by atoms with Gasteiger partial charge in [0, 0.05) is 0 Å². The predicted molar refractivity (Wildman–Crippen MR) is 84.4 cm³/mol. The van der Waals surface area contributed by atoms with Crippen LogP contribution in [0.5, 0.6) is 5.75 Å². The fourth-order valence-electron chi connectivity index (χ4n) is 2.01. The standard InChI is InChI=1S/C17H18F2N2O3/c1-12(14-7-9-15(10-8-14)24-16(18)19)20-17(22)21-23-11-13-5-3-2-4-6-13/h2-10,12,16H,11H2,1H3,(H2,20,21,22). The molecule has 0 heterocycles. The van der Waals surface area contributed by atoms with Crippen molar-refractivity contribution in [1.29, 1.82) is 0 Å². The smallest absolute Gasteiger partial charge is 0.387 e. The van der Waals surface area contributed by atoms with Crippen molar-refractivity contribution in [3.8, 4) is 5.75 Å². The summed E-state index contributed by atoms with van der Waals surface area (Å²) in [5, 5.41) is 2.68. The molecule has 0 saturated carbocycles. The molecule has 2 amide bonds. The van der Waals surface area contributed by atoms with Gasteiger partial charge in [-0.3, -0.25) is 4.84 Å². The molecule has 0 aliphatic heterocycles. The normalized spacial score (nSPS) is 11.8. The van der Waals surface area contributed by atoms with E-state index >= 15 is 0 Å². The van der Waals surface area contributed by atoms with E-state index in [4.69, 9.17) is 4.84 Å². The molecule has 0 saturated heterocycles. The highest BCUT2D eigenvalue weighted by Gasteiger charge is 2.10. The molecule has 0 aliphatic rings. The van der Waals surface area contributed by atoms with Crippen LogP contribution in [0.3, 0.4) is 0 Å². The van der Waals surface area contributed by atoms with E-state index in [2.05, 4.69) is 15.5 Å². The van der Waals surface area contributed by atoms with Crippen molar-refractivity contribution in [1.82, 2.24) is 10.8 Å². The maximum absolute atomic E-state index is 12.1. The summed E-state index contributed by atoms with van der Waals surface area (Å²) in [6.07, 6.45) is 0. The van der Waals surface area contributed by atoms with Crippen molar-refractivity contribution in [2.75, 3.05) is 0 Å². The van der Waals surface area contributed by atoms with Gasteiger partial charge in [0.05, 0.1) is 12.6 Å². The molecule has 2 aromatic carbocycles. The van der Waals surface area contributed by atoms with Gasteiger partial charge in [-0.15, -0.1) is 0 Å². The van der Waals surface area contributed by atoms with Gasteiger partial charge in [0.25, 0.3) is 0 Å².